The van der Waals surface area contributed by atoms with Gasteiger partial charge in [-0.15, -0.1) is 0 Å². The molecule has 1 aromatic carbocycles. The summed E-state index contributed by atoms with van der Waals surface area (Å²) in [7, 11) is 3.64. The zero-order valence-corrected chi connectivity index (χ0v) is 14.6. The molecule has 1 amide bonds. The molecule has 5 nitrogen and oxygen atoms in total. The Morgan fingerprint density at radius 3 is 2.62 bits per heavy atom. The number of nitrogens with one attached hydrogen (secondary N) is 1. The third-order valence-electron chi connectivity index (χ3n) is 2.99. The first kappa shape index (κ1) is 17.8. The lowest BCUT2D eigenvalue weighted by molar-refractivity contribution is -0.131. The van der Waals surface area contributed by atoms with E-state index in [1.165, 1.54) is 0 Å². The molecule has 0 aliphatic rings. The van der Waals surface area contributed by atoms with Crippen LogP contribution in [0.2, 0.25) is 0 Å². The molecule has 0 saturated heterocycles. The van der Waals surface area contributed by atoms with E-state index in [2.05, 4.69) is 21.2 Å². The molecule has 0 radical (unpaired) electrons. The van der Waals surface area contributed by atoms with Gasteiger partial charge in [0.05, 0.1) is 11.1 Å². The molecule has 0 bridgehead atoms. The summed E-state index contributed by atoms with van der Waals surface area (Å²) in [6.07, 6.45) is 0. The highest BCUT2D eigenvalue weighted by molar-refractivity contribution is 9.10. The van der Waals surface area contributed by atoms with Gasteiger partial charge in [-0.2, -0.15) is 0 Å². The number of nitrogens with zero attached hydrogens (tertiary/aromatic N) is 1. The molecular formula is C15H23BrN2O3. The lowest BCUT2D eigenvalue weighted by atomic mass is 10.2. The maximum Gasteiger partial charge on any atom is 0.260 e. The van der Waals surface area contributed by atoms with Gasteiger partial charge in [-0.1, -0.05) is 0 Å². The van der Waals surface area contributed by atoms with Crippen molar-refractivity contribution in [3.63, 3.8) is 0 Å². The molecular weight excluding hydrogens is 336 g/mol. The number of halogens is 1. The number of hydrogen-bond donors (Lipinski definition) is 1. The van der Waals surface area contributed by atoms with Crippen molar-refractivity contribution in [1.82, 2.24) is 10.2 Å². The van der Waals surface area contributed by atoms with Crippen LogP contribution in [0.1, 0.15) is 19.4 Å². The summed E-state index contributed by atoms with van der Waals surface area (Å²) in [5.74, 6) is 1.14. The predicted octanol–water partition coefficient (Wildman–Crippen LogP) is 2.42. The van der Waals surface area contributed by atoms with E-state index in [0.717, 1.165) is 16.6 Å². The molecule has 1 N–H and O–H groups in total. The number of likely N-dealkylation sites (N-methyl/N-ethyl adjacent to an activating group) is 1. The predicted molar refractivity (Wildman–Crippen MR) is 86.9 cm³/mol. The van der Waals surface area contributed by atoms with Crippen LogP contribution in [0.15, 0.2) is 16.6 Å². The minimum atomic E-state index is -0.0638. The first-order valence-electron chi connectivity index (χ1n) is 7.00. The molecule has 0 heterocycles. The number of carbonyl (C=O) groups excluding carboxylic acids is 1. The molecule has 1 rings (SSSR count). The normalized spacial score (nSPS) is 10.3. The first-order valence-corrected chi connectivity index (χ1v) is 7.79. The second-order valence-corrected chi connectivity index (χ2v) is 5.42. The topological polar surface area (TPSA) is 50.8 Å². The number of amides is 1. The van der Waals surface area contributed by atoms with Gasteiger partial charge in [-0.25, -0.2) is 0 Å². The van der Waals surface area contributed by atoms with Crippen LogP contribution in [0.5, 0.6) is 11.5 Å². The summed E-state index contributed by atoms with van der Waals surface area (Å²) in [5.41, 5.74) is 1.08. The standard InChI is InChI=1S/C15H23BrN2O3/c1-5-18(4)14(19)10-21-15-12(16)7-11(9-17-3)8-13(15)20-6-2/h7-8,17H,5-6,9-10H2,1-4H3. The molecule has 0 fully saturated rings. The molecule has 0 atom stereocenters. The molecule has 6 heteroatoms. The minimum Gasteiger partial charge on any atom is -0.490 e. The SMILES string of the molecule is CCOc1cc(CNC)cc(Br)c1OCC(=O)N(C)CC. The lowest BCUT2D eigenvalue weighted by Gasteiger charge is -2.18. The van der Waals surface area contributed by atoms with Crippen LogP contribution in [0.4, 0.5) is 0 Å². The van der Waals surface area contributed by atoms with Gasteiger partial charge in [-0.05, 0) is 54.5 Å². The van der Waals surface area contributed by atoms with E-state index in [-0.39, 0.29) is 12.5 Å². The van der Waals surface area contributed by atoms with Gasteiger partial charge < -0.3 is 19.7 Å². The van der Waals surface area contributed by atoms with E-state index in [4.69, 9.17) is 9.47 Å². The van der Waals surface area contributed by atoms with Crippen molar-refractivity contribution in [2.24, 2.45) is 0 Å². The molecule has 0 aliphatic carbocycles. The van der Waals surface area contributed by atoms with Crippen molar-refractivity contribution in [2.75, 3.05) is 33.9 Å². The first-order chi connectivity index (χ1) is 10.0. The number of rotatable bonds is 8. The molecule has 0 spiro atoms. The molecule has 118 valence electrons. The summed E-state index contributed by atoms with van der Waals surface area (Å²) in [4.78, 5) is 13.4. The summed E-state index contributed by atoms with van der Waals surface area (Å²) in [6, 6.07) is 3.89. The smallest absolute Gasteiger partial charge is 0.260 e. The van der Waals surface area contributed by atoms with E-state index < -0.39 is 0 Å². The van der Waals surface area contributed by atoms with Crippen molar-refractivity contribution < 1.29 is 14.3 Å². The number of carbonyl (C=O) groups is 1. The largest absolute Gasteiger partial charge is 0.490 e. The summed E-state index contributed by atoms with van der Waals surface area (Å²) < 4.78 is 12.1. The Labute approximate surface area is 134 Å². The molecule has 0 saturated carbocycles. The Kier molecular flexibility index (Phi) is 7.53. The quantitative estimate of drug-likeness (QED) is 0.775. The molecule has 0 unspecified atom stereocenters. The van der Waals surface area contributed by atoms with Crippen LogP contribution < -0.4 is 14.8 Å². The fourth-order valence-corrected chi connectivity index (χ4v) is 2.35. The second kappa shape index (κ2) is 8.89. The van der Waals surface area contributed by atoms with E-state index in [1.807, 2.05) is 33.0 Å². The highest BCUT2D eigenvalue weighted by Crippen LogP contribution is 2.37. The van der Waals surface area contributed by atoms with Crippen molar-refractivity contribution in [1.29, 1.82) is 0 Å². The van der Waals surface area contributed by atoms with E-state index in [9.17, 15) is 4.79 Å². The van der Waals surface area contributed by atoms with Crippen LogP contribution in [0, 0.1) is 0 Å². The third kappa shape index (κ3) is 5.21. The average Bonchev–Trinajstić information content (AvgIpc) is 2.46. The van der Waals surface area contributed by atoms with Crippen molar-refractivity contribution in [3.05, 3.63) is 22.2 Å². The maximum absolute atomic E-state index is 11.8. The fourth-order valence-electron chi connectivity index (χ4n) is 1.75. The summed E-state index contributed by atoms with van der Waals surface area (Å²) in [6.45, 7) is 5.76. The summed E-state index contributed by atoms with van der Waals surface area (Å²) >= 11 is 3.48. The van der Waals surface area contributed by atoms with Gasteiger partial charge in [-0.3, -0.25) is 4.79 Å². The zero-order valence-electron chi connectivity index (χ0n) is 13.0. The zero-order chi connectivity index (χ0) is 15.8. The monoisotopic (exact) mass is 358 g/mol. The van der Waals surface area contributed by atoms with Crippen LogP contribution >= 0.6 is 15.9 Å². The van der Waals surface area contributed by atoms with Gasteiger partial charge in [0.2, 0.25) is 0 Å². The molecule has 0 aromatic heterocycles. The van der Waals surface area contributed by atoms with Gasteiger partial charge in [0.15, 0.2) is 18.1 Å². The van der Waals surface area contributed by atoms with Crippen molar-refractivity contribution >= 4 is 21.8 Å². The Morgan fingerprint density at radius 1 is 1.33 bits per heavy atom. The van der Waals surface area contributed by atoms with Crippen molar-refractivity contribution in [2.45, 2.75) is 20.4 Å². The van der Waals surface area contributed by atoms with Crippen LogP contribution in [0.3, 0.4) is 0 Å². The Balaban J connectivity index is 2.91. The highest BCUT2D eigenvalue weighted by atomic mass is 79.9. The van der Waals surface area contributed by atoms with E-state index in [0.29, 0.717) is 24.7 Å². The second-order valence-electron chi connectivity index (χ2n) is 4.56. The number of benzene rings is 1. The molecule has 0 aliphatic heterocycles. The number of hydrogen-bond acceptors (Lipinski definition) is 4. The molecule has 21 heavy (non-hydrogen) atoms. The van der Waals surface area contributed by atoms with Gasteiger partial charge in [0, 0.05) is 20.1 Å². The lowest BCUT2D eigenvalue weighted by Crippen LogP contribution is -2.31. The highest BCUT2D eigenvalue weighted by Gasteiger charge is 2.15. The maximum atomic E-state index is 11.8. The average molecular weight is 359 g/mol. The Morgan fingerprint density at radius 2 is 2.05 bits per heavy atom. The van der Waals surface area contributed by atoms with E-state index >= 15 is 0 Å². The summed E-state index contributed by atoms with van der Waals surface area (Å²) in [5, 5.41) is 3.09. The minimum absolute atomic E-state index is 0.00557. The van der Waals surface area contributed by atoms with Gasteiger partial charge in [0.25, 0.3) is 5.91 Å². The Hall–Kier alpha value is -1.27. The van der Waals surface area contributed by atoms with Crippen LogP contribution in [-0.4, -0.2) is 44.7 Å². The van der Waals surface area contributed by atoms with Crippen molar-refractivity contribution in [3.8, 4) is 11.5 Å². The molecule has 1 aromatic rings. The fraction of sp³-hybridized carbons (Fsp3) is 0.533. The van der Waals surface area contributed by atoms with Gasteiger partial charge in [0.1, 0.15) is 0 Å². The Bertz CT molecular complexity index is 480. The van der Waals surface area contributed by atoms with Gasteiger partial charge >= 0.3 is 0 Å². The van der Waals surface area contributed by atoms with Crippen LogP contribution in [-0.2, 0) is 11.3 Å². The third-order valence-corrected chi connectivity index (χ3v) is 3.58. The van der Waals surface area contributed by atoms with E-state index in [1.54, 1.807) is 11.9 Å². The number of ether oxygens (including phenoxy) is 2. The van der Waals surface area contributed by atoms with Crippen LogP contribution in [0.25, 0.3) is 0 Å².